The van der Waals surface area contributed by atoms with Crippen LogP contribution in [0.2, 0.25) is 0 Å². The molecule has 0 aromatic carbocycles. The Kier molecular flexibility index (Phi) is 5.59. The van der Waals surface area contributed by atoms with Crippen molar-refractivity contribution < 1.29 is 8.42 Å². The second-order valence-electron chi connectivity index (χ2n) is 6.27. The monoisotopic (exact) mass is 335 g/mol. The Balaban J connectivity index is 2.97. The Hall–Kier alpha value is -0.900. The fourth-order valence-electron chi connectivity index (χ4n) is 2.07. The van der Waals surface area contributed by atoms with Crippen molar-refractivity contribution in [2.45, 2.75) is 18.7 Å². The van der Waals surface area contributed by atoms with Crippen LogP contribution in [0.5, 0.6) is 0 Å². The van der Waals surface area contributed by atoms with Crippen LogP contribution < -0.4 is 11.1 Å². The molecule has 21 heavy (non-hydrogen) atoms. The molecule has 3 N–H and O–H groups in total. The lowest BCUT2D eigenvalue weighted by Crippen LogP contribution is -2.34. The Morgan fingerprint density at radius 3 is 2.33 bits per heavy atom. The van der Waals surface area contributed by atoms with E-state index < -0.39 is 10.0 Å². The van der Waals surface area contributed by atoms with Gasteiger partial charge in [0, 0.05) is 27.2 Å². The number of nitrogens with zero attached hydrogens (tertiary/aromatic N) is 3. The van der Waals surface area contributed by atoms with Crippen LogP contribution in [0.25, 0.3) is 0 Å². The van der Waals surface area contributed by atoms with Gasteiger partial charge in [-0.2, -0.15) is 4.37 Å². The van der Waals surface area contributed by atoms with Gasteiger partial charge in [-0.3, -0.25) is 0 Å². The molecule has 0 atom stereocenters. The molecule has 0 aliphatic carbocycles. The molecular formula is C12H25N5O2S2. The molecule has 0 amide bonds. The molecule has 9 heteroatoms. The number of aromatic nitrogens is 1. The zero-order valence-electron chi connectivity index (χ0n) is 13.5. The van der Waals surface area contributed by atoms with Crippen LogP contribution in [0.4, 0.5) is 10.8 Å². The normalized spacial score (nSPS) is 13.1. The summed E-state index contributed by atoms with van der Waals surface area (Å²) < 4.78 is 29.7. The third-order valence-electron chi connectivity index (χ3n) is 2.88. The van der Waals surface area contributed by atoms with Crippen molar-refractivity contribution >= 4 is 32.4 Å². The van der Waals surface area contributed by atoms with E-state index in [1.165, 1.54) is 14.1 Å². The maximum atomic E-state index is 12.3. The average molecular weight is 335 g/mol. The molecule has 1 aromatic rings. The third-order valence-corrected chi connectivity index (χ3v) is 5.72. The highest BCUT2D eigenvalue weighted by atomic mass is 32.2. The number of anilines is 2. The first-order valence-electron chi connectivity index (χ1n) is 6.53. The lowest BCUT2D eigenvalue weighted by Gasteiger charge is -2.28. The lowest BCUT2D eigenvalue weighted by atomic mass is 9.93. The highest BCUT2D eigenvalue weighted by Crippen LogP contribution is 2.33. The highest BCUT2D eigenvalue weighted by molar-refractivity contribution is 7.89. The minimum absolute atomic E-state index is 0.0125. The maximum Gasteiger partial charge on any atom is 0.249 e. The molecule has 0 bridgehead atoms. The maximum absolute atomic E-state index is 12.3. The number of nitrogens with two attached hydrogens (primary N) is 1. The topological polar surface area (TPSA) is 91.6 Å². The van der Waals surface area contributed by atoms with Gasteiger partial charge in [-0.05, 0) is 31.0 Å². The van der Waals surface area contributed by atoms with Gasteiger partial charge in [0.2, 0.25) is 10.0 Å². The van der Waals surface area contributed by atoms with Gasteiger partial charge in [0.1, 0.15) is 5.00 Å². The van der Waals surface area contributed by atoms with Crippen LogP contribution in [-0.4, -0.2) is 63.3 Å². The van der Waals surface area contributed by atoms with Gasteiger partial charge in [0.25, 0.3) is 0 Å². The average Bonchev–Trinajstić information content (AvgIpc) is 2.66. The van der Waals surface area contributed by atoms with E-state index in [9.17, 15) is 8.42 Å². The Labute approximate surface area is 131 Å². The molecule has 7 nitrogen and oxygen atoms in total. The predicted octanol–water partition coefficient (Wildman–Crippen LogP) is 0.975. The van der Waals surface area contributed by atoms with E-state index in [0.717, 1.165) is 22.4 Å². The van der Waals surface area contributed by atoms with Crippen LogP contribution >= 0.6 is 11.5 Å². The number of hydrogen-bond acceptors (Lipinski definition) is 7. The fraction of sp³-hybridized carbons (Fsp3) is 0.750. The smallest absolute Gasteiger partial charge is 0.249 e. The van der Waals surface area contributed by atoms with Crippen molar-refractivity contribution in [1.29, 1.82) is 0 Å². The second kappa shape index (κ2) is 6.47. The molecule has 0 spiro atoms. The van der Waals surface area contributed by atoms with Crippen LogP contribution in [0.1, 0.15) is 13.8 Å². The van der Waals surface area contributed by atoms with Gasteiger partial charge < -0.3 is 16.0 Å². The Bertz CT molecular complexity index is 578. The van der Waals surface area contributed by atoms with Gasteiger partial charge in [0.15, 0.2) is 10.7 Å². The summed E-state index contributed by atoms with van der Waals surface area (Å²) in [6, 6.07) is 0. The van der Waals surface area contributed by atoms with Crippen LogP contribution in [0, 0.1) is 5.41 Å². The zero-order valence-corrected chi connectivity index (χ0v) is 15.1. The predicted molar refractivity (Wildman–Crippen MR) is 88.2 cm³/mol. The van der Waals surface area contributed by atoms with Crippen molar-refractivity contribution in [1.82, 2.24) is 13.6 Å². The fourth-order valence-corrected chi connectivity index (χ4v) is 4.14. The summed E-state index contributed by atoms with van der Waals surface area (Å²) in [5.41, 5.74) is 5.72. The number of nitrogen functional groups attached to an aromatic ring is 1. The van der Waals surface area contributed by atoms with Gasteiger partial charge in [0.05, 0.1) is 0 Å². The summed E-state index contributed by atoms with van der Waals surface area (Å²) in [6.45, 7) is 5.74. The molecule has 1 rings (SSSR count). The molecule has 1 heterocycles. The van der Waals surface area contributed by atoms with Crippen molar-refractivity contribution in [3.05, 3.63) is 0 Å². The third kappa shape index (κ3) is 4.53. The Morgan fingerprint density at radius 2 is 1.86 bits per heavy atom. The second-order valence-corrected chi connectivity index (χ2v) is 9.13. The van der Waals surface area contributed by atoms with Crippen LogP contribution in [-0.2, 0) is 10.0 Å². The summed E-state index contributed by atoms with van der Waals surface area (Å²) in [7, 11) is 3.37. The zero-order chi connectivity index (χ0) is 16.4. The number of hydrogen-bond donors (Lipinski definition) is 2. The molecule has 1 aromatic heterocycles. The van der Waals surface area contributed by atoms with Crippen LogP contribution in [0.15, 0.2) is 4.90 Å². The first kappa shape index (κ1) is 18.1. The molecular weight excluding hydrogens is 310 g/mol. The van der Waals surface area contributed by atoms with E-state index in [0.29, 0.717) is 11.5 Å². The van der Waals surface area contributed by atoms with E-state index in [2.05, 4.69) is 28.4 Å². The van der Waals surface area contributed by atoms with Gasteiger partial charge in [-0.1, -0.05) is 13.8 Å². The van der Waals surface area contributed by atoms with Gasteiger partial charge >= 0.3 is 0 Å². The van der Waals surface area contributed by atoms with Crippen molar-refractivity contribution in [2.75, 3.05) is 52.3 Å². The SMILES string of the molecule is CN(C)CC(C)(C)CNc1snc(N)c1S(=O)(=O)N(C)C. The molecule has 122 valence electrons. The summed E-state index contributed by atoms with van der Waals surface area (Å²) in [6.07, 6.45) is 0. The summed E-state index contributed by atoms with van der Waals surface area (Å²) >= 11 is 1.07. The van der Waals surface area contributed by atoms with E-state index in [4.69, 9.17) is 5.73 Å². The van der Waals surface area contributed by atoms with Gasteiger partial charge in [-0.15, -0.1) is 0 Å². The van der Waals surface area contributed by atoms with E-state index >= 15 is 0 Å². The van der Waals surface area contributed by atoms with E-state index in [1.54, 1.807) is 0 Å². The number of nitrogens with one attached hydrogen (secondary N) is 1. The first-order chi connectivity index (χ1) is 9.47. The largest absolute Gasteiger partial charge is 0.382 e. The molecule has 0 fully saturated rings. The minimum atomic E-state index is -3.60. The van der Waals surface area contributed by atoms with Gasteiger partial charge in [-0.25, -0.2) is 12.7 Å². The summed E-state index contributed by atoms with van der Waals surface area (Å²) in [4.78, 5) is 2.17. The van der Waals surface area contributed by atoms with Crippen molar-refractivity contribution in [3.8, 4) is 0 Å². The molecule has 0 saturated heterocycles. The standard InChI is InChI=1S/C12H25N5O2S2/c1-12(2,8-16(3)4)7-14-11-9(10(13)15-20-11)21(18,19)17(5)6/h14H,7-8H2,1-6H3,(H2,13,15). The number of sulfonamides is 1. The minimum Gasteiger partial charge on any atom is -0.382 e. The molecule has 0 saturated carbocycles. The van der Waals surface area contributed by atoms with E-state index in [-0.39, 0.29) is 16.1 Å². The molecule has 0 aliphatic rings. The molecule has 0 radical (unpaired) electrons. The highest BCUT2D eigenvalue weighted by Gasteiger charge is 2.28. The van der Waals surface area contributed by atoms with Crippen LogP contribution in [0.3, 0.4) is 0 Å². The molecule has 0 aliphatic heterocycles. The summed E-state index contributed by atoms with van der Waals surface area (Å²) in [5.74, 6) is 0.0432. The number of rotatable bonds is 7. The van der Waals surface area contributed by atoms with Crippen molar-refractivity contribution in [2.24, 2.45) is 5.41 Å². The van der Waals surface area contributed by atoms with E-state index in [1.807, 2.05) is 14.1 Å². The Morgan fingerprint density at radius 1 is 1.29 bits per heavy atom. The lowest BCUT2D eigenvalue weighted by molar-refractivity contribution is 0.254. The molecule has 0 unspecified atom stereocenters. The van der Waals surface area contributed by atoms with Crippen molar-refractivity contribution in [3.63, 3.8) is 0 Å². The quantitative estimate of drug-likeness (QED) is 0.772. The summed E-state index contributed by atoms with van der Waals surface area (Å²) in [5, 5.41) is 3.68. The first-order valence-corrected chi connectivity index (χ1v) is 8.75.